The standard InChI is InChI=1S/C18H17ClN2O2/c1-12-7-8-14(13(2)11-12)9-10-17(22)20-21-18(23)15-5-3-4-6-16(15)19/h3-11H,1-2H3,(H,20,22)(H,21,23)/b10-9+. The Bertz CT molecular complexity index is 769. The normalized spacial score (nSPS) is 10.6. The van der Waals surface area contributed by atoms with Gasteiger partial charge in [-0.1, -0.05) is 47.5 Å². The topological polar surface area (TPSA) is 58.2 Å². The van der Waals surface area contributed by atoms with Gasteiger partial charge in [0.2, 0.25) is 0 Å². The van der Waals surface area contributed by atoms with Crippen LogP contribution in [0.2, 0.25) is 5.02 Å². The molecule has 0 bridgehead atoms. The third-order valence-electron chi connectivity index (χ3n) is 3.26. The number of nitrogens with one attached hydrogen (secondary N) is 2. The Kier molecular flexibility index (Phi) is 5.55. The third kappa shape index (κ3) is 4.69. The second-order valence-corrected chi connectivity index (χ2v) is 5.52. The molecule has 0 atom stereocenters. The van der Waals surface area contributed by atoms with Crippen molar-refractivity contribution in [1.29, 1.82) is 0 Å². The fraction of sp³-hybridized carbons (Fsp3) is 0.111. The molecule has 0 unspecified atom stereocenters. The van der Waals surface area contributed by atoms with E-state index in [-0.39, 0.29) is 0 Å². The Morgan fingerprint density at radius 3 is 2.48 bits per heavy atom. The summed E-state index contributed by atoms with van der Waals surface area (Å²) in [5.41, 5.74) is 8.14. The van der Waals surface area contributed by atoms with Crippen molar-refractivity contribution >= 4 is 29.5 Å². The minimum atomic E-state index is -0.469. The van der Waals surface area contributed by atoms with Crippen LogP contribution in [0.1, 0.15) is 27.0 Å². The first-order chi connectivity index (χ1) is 11.0. The van der Waals surface area contributed by atoms with Crippen molar-refractivity contribution in [3.05, 3.63) is 75.8 Å². The molecular formula is C18H17ClN2O2. The Labute approximate surface area is 140 Å². The van der Waals surface area contributed by atoms with E-state index in [4.69, 9.17) is 11.6 Å². The fourth-order valence-corrected chi connectivity index (χ4v) is 2.27. The van der Waals surface area contributed by atoms with Crippen LogP contribution >= 0.6 is 11.6 Å². The van der Waals surface area contributed by atoms with Gasteiger partial charge in [-0.2, -0.15) is 0 Å². The number of halogens is 1. The summed E-state index contributed by atoms with van der Waals surface area (Å²) in [5, 5.41) is 0.324. The van der Waals surface area contributed by atoms with Gasteiger partial charge in [-0.3, -0.25) is 20.4 Å². The van der Waals surface area contributed by atoms with E-state index in [0.29, 0.717) is 10.6 Å². The minimum Gasteiger partial charge on any atom is -0.268 e. The first kappa shape index (κ1) is 16.8. The maximum Gasteiger partial charge on any atom is 0.271 e. The molecule has 4 nitrogen and oxygen atoms in total. The zero-order valence-corrected chi connectivity index (χ0v) is 13.6. The predicted molar refractivity (Wildman–Crippen MR) is 92.0 cm³/mol. The zero-order valence-electron chi connectivity index (χ0n) is 12.9. The predicted octanol–water partition coefficient (Wildman–Crippen LogP) is 3.43. The number of hydrogen-bond donors (Lipinski definition) is 2. The molecule has 0 heterocycles. The molecule has 2 amide bonds. The summed E-state index contributed by atoms with van der Waals surface area (Å²) in [4.78, 5) is 23.7. The van der Waals surface area contributed by atoms with Crippen LogP contribution in [-0.4, -0.2) is 11.8 Å². The highest BCUT2D eigenvalue weighted by atomic mass is 35.5. The van der Waals surface area contributed by atoms with Crippen LogP contribution in [0.25, 0.3) is 6.08 Å². The van der Waals surface area contributed by atoms with Gasteiger partial charge in [0.15, 0.2) is 0 Å². The molecule has 0 aromatic heterocycles. The van der Waals surface area contributed by atoms with Gasteiger partial charge >= 0.3 is 0 Å². The molecular weight excluding hydrogens is 312 g/mol. The number of carbonyl (C=O) groups is 2. The monoisotopic (exact) mass is 328 g/mol. The lowest BCUT2D eigenvalue weighted by Gasteiger charge is -2.06. The highest BCUT2D eigenvalue weighted by molar-refractivity contribution is 6.33. The summed E-state index contributed by atoms with van der Waals surface area (Å²) in [6.07, 6.45) is 3.07. The summed E-state index contributed by atoms with van der Waals surface area (Å²) in [6, 6.07) is 12.6. The van der Waals surface area contributed by atoms with Crippen LogP contribution < -0.4 is 10.9 Å². The van der Waals surface area contributed by atoms with E-state index < -0.39 is 11.8 Å². The largest absolute Gasteiger partial charge is 0.271 e. The number of hydrogen-bond acceptors (Lipinski definition) is 2. The molecule has 2 N–H and O–H groups in total. The number of amides is 2. The Morgan fingerprint density at radius 1 is 1.04 bits per heavy atom. The van der Waals surface area contributed by atoms with Gasteiger partial charge in [-0.15, -0.1) is 0 Å². The van der Waals surface area contributed by atoms with E-state index in [1.165, 1.54) is 6.08 Å². The molecule has 0 saturated heterocycles. The summed E-state index contributed by atoms with van der Waals surface area (Å²) in [7, 11) is 0. The van der Waals surface area contributed by atoms with Gasteiger partial charge in [-0.05, 0) is 43.2 Å². The molecule has 2 aromatic carbocycles. The van der Waals surface area contributed by atoms with E-state index in [0.717, 1.165) is 16.7 Å². The van der Waals surface area contributed by atoms with Gasteiger partial charge in [-0.25, -0.2) is 0 Å². The molecule has 0 aliphatic heterocycles. The van der Waals surface area contributed by atoms with Crippen LogP contribution in [0.5, 0.6) is 0 Å². The maximum atomic E-state index is 11.9. The van der Waals surface area contributed by atoms with Gasteiger partial charge in [0.1, 0.15) is 0 Å². The Balaban J connectivity index is 1.94. The molecule has 118 valence electrons. The average Bonchev–Trinajstić information content (AvgIpc) is 2.52. The van der Waals surface area contributed by atoms with E-state index >= 15 is 0 Å². The zero-order chi connectivity index (χ0) is 16.8. The van der Waals surface area contributed by atoms with Crippen LogP contribution in [0, 0.1) is 13.8 Å². The summed E-state index contributed by atoms with van der Waals surface area (Å²) in [6.45, 7) is 3.99. The van der Waals surface area contributed by atoms with Gasteiger partial charge in [0, 0.05) is 6.08 Å². The van der Waals surface area contributed by atoms with Crippen molar-refractivity contribution in [3.8, 4) is 0 Å². The molecule has 2 aromatic rings. The average molecular weight is 329 g/mol. The number of benzene rings is 2. The Morgan fingerprint density at radius 2 is 1.78 bits per heavy atom. The highest BCUT2D eigenvalue weighted by Gasteiger charge is 2.09. The second-order valence-electron chi connectivity index (χ2n) is 5.12. The smallest absolute Gasteiger partial charge is 0.268 e. The van der Waals surface area contributed by atoms with E-state index in [2.05, 4.69) is 10.9 Å². The number of aryl methyl sites for hydroxylation is 2. The van der Waals surface area contributed by atoms with E-state index in [1.54, 1.807) is 30.3 Å². The lowest BCUT2D eigenvalue weighted by molar-refractivity contribution is -0.117. The van der Waals surface area contributed by atoms with Crippen molar-refractivity contribution in [1.82, 2.24) is 10.9 Å². The van der Waals surface area contributed by atoms with Gasteiger partial charge in [0.25, 0.3) is 11.8 Å². The van der Waals surface area contributed by atoms with Gasteiger partial charge in [0.05, 0.1) is 10.6 Å². The molecule has 0 saturated carbocycles. The summed E-state index contributed by atoms with van der Waals surface area (Å²) >= 11 is 5.92. The lowest BCUT2D eigenvalue weighted by atomic mass is 10.1. The first-order valence-electron chi connectivity index (χ1n) is 7.07. The molecule has 0 aliphatic carbocycles. The fourth-order valence-electron chi connectivity index (χ4n) is 2.05. The molecule has 0 aliphatic rings. The highest BCUT2D eigenvalue weighted by Crippen LogP contribution is 2.14. The molecule has 0 radical (unpaired) electrons. The molecule has 0 fully saturated rings. The quantitative estimate of drug-likeness (QED) is 0.670. The Hall–Kier alpha value is -2.59. The lowest BCUT2D eigenvalue weighted by Crippen LogP contribution is -2.40. The summed E-state index contributed by atoms with van der Waals surface area (Å²) in [5.74, 6) is -0.894. The van der Waals surface area contributed by atoms with Crippen LogP contribution in [0.4, 0.5) is 0 Å². The maximum absolute atomic E-state index is 11.9. The van der Waals surface area contributed by atoms with Crippen molar-refractivity contribution in [2.24, 2.45) is 0 Å². The van der Waals surface area contributed by atoms with E-state index in [9.17, 15) is 9.59 Å². The number of carbonyl (C=O) groups excluding carboxylic acids is 2. The van der Waals surface area contributed by atoms with E-state index in [1.807, 2.05) is 32.0 Å². The van der Waals surface area contributed by atoms with Crippen molar-refractivity contribution < 1.29 is 9.59 Å². The van der Waals surface area contributed by atoms with Crippen LogP contribution in [-0.2, 0) is 4.79 Å². The molecule has 23 heavy (non-hydrogen) atoms. The second kappa shape index (κ2) is 7.61. The SMILES string of the molecule is Cc1ccc(/C=C/C(=O)NNC(=O)c2ccccc2Cl)c(C)c1. The number of rotatable bonds is 3. The molecule has 0 spiro atoms. The van der Waals surface area contributed by atoms with Crippen LogP contribution in [0.15, 0.2) is 48.5 Å². The van der Waals surface area contributed by atoms with Crippen molar-refractivity contribution in [2.75, 3.05) is 0 Å². The van der Waals surface area contributed by atoms with Crippen molar-refractivity contribution in [3.63, 3.8) is 0 Å². The minimum absolute atomic E-state index is 0.299. The summed E-state index contributed by atoms with van der Waals surface area (Å²) < 4.78 is 0. The number of hydrazine groups is 1. The van der Waals surface area contributed by atoms with Crippen molar-refractivity contribution in [2.45, 2.75) is 13.8 Å². The van der Waals surface area contributed by atoms with Crippen LogP contribution in [0.3, 0.4) is 0 Å². The first-order valence-corrected chi connectivity index (χ1v) is 7.45. The third-order valence-corrected chi connectivity index (χ3v) is 3.59. The molecule has 5 heteroatoms. The van der Waals surface area contributed by atoms with Gasteiger partial charge < -0.3 is 0 Å². The molecule has 2 rings (SSSR count).